The zero-order valence-corrected chi connectivity index (χ0v) is 12.7. The first-order valence-electron chi connectivity index (χ1n) is 7.23. The monoisotopic (exact) mass is 312 g/mol. The SMILES string of the molecule is O=C(O)NC1CCN(CCCOc2ccc(Cl)cc2)CC1. The fourth-order valence-corrected chi connectivity index (χ4v) is 2.61. The van der Waals surface area contributed by atoms with Crippen LogP contribution in [0.25, 0.3) is 0 Å². The van der Waals surface area contributed by atoms with Crippen LogP contribution in [0, 0.1) is 0 Å². The molecule has 1 aliphatic rings. The van der Waals surface area contributed by atoms with Crippen LogP contribution in [0.4, 0.5) is 4.79 Å². The molecule has 1 fully saturated rings. The Balaban J connectivity index is 1.57. The van der Waals surface area contributed by atoms with E-state index in [0.29, 0.717) is 11.6 Å². The lowest BCUT2D eigenvalue weighted by Crippen LogP contribution is -2.44. The molecule has 1 aromatic rings. The number of carbonyl (C=O) groups is 1. The summed E-state index contributed by atoms with van der Waals surface area (Å²) in [6.45, 7) is 3.53. The average molecular weight is 313 g/mol. The number of benzene rings is 1. The van der Waals surface area contributed by atoms with E-state index >= 15 is 0 Å². The van der Waals surface area contributed by atoms with Gasteiger partial charge in [0.1, 0.15) is 5.75 Å². The molecule has 0 aliphatic carbocycles. The van der Waals surface area contributed by atoms with E-state index < -0.39 is 6.09 Å². The lowest BCUT2D eigenvalue weighted by molar-refractivity contribution is 0.163. The van der Waals surface area contributed by atoms with Crippen LogP contribution in [0.15, 0.2) is 24.3 Å². The van der Waals surface area contributed by atoms with E-state index in [2.05, 4.69) is 10.2 Å². The van der Waals surface area contributed by atoms with Crippen molar-refractivity contribution in [1.82, 2.24) is 10.2 Å². The smallest absolute Gasteiger partial charge is 0.404 e. The molecular formula is C15H21ClN2O3. The molecule has 0 spiro atoms. The quantitative estimate of drug-likeness (QED) is 0.793. The Morgan fingerprint density at radius 2 is 2.00 bits per heavy atom. The maximum Gasteiger partial charge on any atom is 0.404 e. The molecule has 2 rings (SSSR count). The minimum Gasteiger partial charge on any atom is -0.494 e. The molecule has 6 heteroatoms. The molecule has 0 bridgehead atoms. The van der Waals surface area contributed by atoms with Crippen molar-refractivity contribution >= 4 is 17.7 Å². The van der Waals surface area contributed by atoms with Gasteiger partial charge < -0.3 is 20.1 Å². The number of halogens is 1. The summed E-state index contributed by atoms with van der Waals surface area (Å²) in [5.74, 6) is 0.837. The van der Waals surface area contributed by atoms with E-state index in [0.717, 1.165) is 44.6 Å². The molecule has 116 valence electrons. The van der Waals surface area contributed by atoms with E-state index in [4.69, 9.17) is 21.4 Å². The van der Waals surface area contributed by atoms with Crippen molar-refractivity contribution in [1.29, 1.82) is 0 Å². The Morgan fingerprint density at radius 3 is 2.62 bits per heavy atom. The van der Waals surface area contributed by atoms with Crippen LogP contribution in [0.1, 0.15) is 19.3 Å². The summed E-state index contributed by atoms with van der Waals surface area (Å²) in [5, 5.41) is 11.9. The van der Waals surface area contributed by atoms with Gasteiger partial charge in [-0.3, -0.25) is 0 Å². The molecular weight excluding hydrogens is 292 g/mol. The van der Waals surface area contributed by atoms with Gasteiger partial charge in [-0.1, -0.05) is 11.6 Å². The highest BCUT2D eigenvalue weighted by atomic mass is 35.5. The van der Waals surface area contributed by atoms with Crippen LogP contribution in [0.5, 0.6) is 5.75 Å². The topological polar surface area (TPSA) is 61.8 Å². The van der Waals surface area contributed by atoms with Gasteiger partial charge in [0.15, 0.2) is 0 Å². The van der Waals surface area contributed by atoms with Gasteiger partial charge >= 0.3 is 6.09 Å². The Labute approximate surface area is 129 Å². The van der Waals surface area contributed by atoms with Gasteiger partial charge in [-0.05, 0) is 43.5 Å². The van der Waals surface area contributed by atoms with Gasteiger partial charge in [0.05, 0.1) is 6.61 Å². The summed E-state index contributed by atoms with van der Waals surface area (Å²) < 4.78 is 5.65. The summed E-state index contributed by atoms with van der Waals surface area (Å²) >= 11 is 5.81. The van der Waals surface area contributed by atoms with Gasteiger partial charge in [0.25, 0.3) is 0 Å². The normalized spacial score (nSPS) is 16.6. The number of piperidine rings is 1. The minimum absolute atomic E-state index is 0.101. The number of ether oxygens (including phenoxy) is 1. The van der Waals surface area contributed by atoms with E-state index in [-0.39, 0.29) is 6.04 Å². The Morgan fingerprint density at radius 1 is 1.33 bits per heavy atom. The van der Waals surface area contributed by atoms with Crippen molar-refractivity contribution in [3.63, 3.8) is 0 Å². The molecule has 1 heterocycles. The predicted molar refractivity (Wildman–Crippen MR) is 82.2 cm³/mol. The second kappa shape index (κ2) is 8.10. The first-order chi connectivity index (χ1) is 10.1. The number of hydrogen-bond donors (Lipinski definition) is 2. The highest BCUT2D eigenvalue weighted by Gasteiger charge is 2.19. The number of likely N-dealkylation sites (tertiary alicyclic amines) is 1. The zero-order chi connectivity index (χ0) is 15.1. The third kappa shape index (κ3) is 5.81. The Hall–Kier alpha value is -1.46. The summed E-state index contributed by atoms with van der Waals surface area (Å²) in [6.07, 6.45) is 1.79. The lowest BCUT2D eigenvalue weighted by Gasteiger charge is -2.31. The Bertz CT molecular complexity index is 445. The van der Waals surface area contributed by atoms with Crippen LogP contribution in [0.2, 0.25) is 5.02 Å². The largest absolute Gasteiger partial charge is 0.494 e. The highest BCUT2D eigenvalue weighted by Crippen LogP contribution is 2.16. The van der Waals surface area contributed by atoms with Gasteiger partial charge in [-0.15, -0.1) is 0 Å². The summed E-state index contributed by atoms with van der Waals surface area (Å²) in [7, 11) is 0. The van der Waals surface area contributed by atoms with Gasteiger partial charge in [0.2, 0.25) is 0 Å². The average Bonchev–Trinajstić information content (AvgIpc) is 2.46. The number of amides is 1. The molecule has 1 aromatic carbocycles. The number of carboxylic acid groups (broad SMARTS) is 1. The molecule has 0 aromatic heterocycles. The van der Waals surface area contributed by atoms with Crippen molar-refractivity contribution < 1.29 is 14.6 Å². The molecule has 1 amide bonds. The second-order valence-corrected chi connectivity index (χ2v) is 5.66. The van der Waals surface area contributed by atoms with E-state index in [1.54, 1.807) is 0 Å². The van der Waals surface area contributed by atoms with Crippen LogP contribution in [0.3, 0.4) is 0 Å². The van der Waals surface area contributed by atoms with Crippen molar-refractivity contribution in [3.05, 3.63) is 29.3 Å². The fourth-order valence-electron chi connectivity index (χ4n) is 2.48. The van der Waals surface area contributed by atoms with Crippen LogP contribution < -0.4 is 10.1 Å². The molecule has 0 unspecified atom stereocenters. The third-order valence-corrected chi connectivity index (χ3v) is 3.87. The summed E-state index contributed by atoms with van der Waals surface area (Å²) in [4.78, 5) is 12.9. The first kappa shape index (κ1) is 15.9. The van der Waals surface area contributed by atoms with E-state index in [1.807, 2.05) is 24.3 Å². The maximum absolute atomic E-state index is 10.6. The lowest BCUT2D eigenvalue weighted by atomic mass is 10.1. The van der Waals surface area contributed by atoms with E-state index in [9.17, 15) is 4.79 Å². The zero-order valence-electron chi connectivity index (χ0n) is 11.9. The molecule has 0 radical (unpaired) electrons. The van der Waals surface area contributed by atoms with Crippen molar-refractivity contribution in [2.75, 3.05) is 26.2 Å². The molecule has 1 aliphatic heterocycles. The van der Waals surface area contributed by atoms with Gasteiger partial charge in [-0.25, -0.2) is 4.79 Å². The van der Waals surface area contributed by atoms with Crippen LogP contribution in [-0.4, -0.2) is 48.4 Å². The van der Waals surface area contributed by atoms with E-state index in [1.165, 1.54) is 0 Å². The molecule has 0 atom stereocenters. The van der Waals surface area contributed by atoms with Crippen molar-refractivity contribution in [2.24, 2.45) is 0 Å². The number of nitrogens with one attached hydrogen (secondary N) is 1. The highest BCUT2D eigenvalue weighted by molar-refractivity contribution is 6.30. The second-order valence-electron chi connectivity index (χ2n) is 5.22. The molecule has 1 saturated heterocycles. The van der Waals surface area contributed by atoms with Crippen LogP contribution in [-0.2, 0) is 0 Å². The van der Waals surface area contributed by atoms with Gasteiger partial charge in [0, 0.05) is 30.7 Å². The van der Waals surface area contributed by atoms with Crippen molar-refractivity contribution in [2.45, 2.75) is 25.3 Å². The number of nitrogens with zero attached hydrogens (tertiary/aromatic N) is 1. The fraction of sp³-hybridized carbons (Fsp3) is 0.533. The summed E-state index contributed by atoms with van der Waals surface area (Å²) in [5.41, 5.74) is 0. The number of hydrogen-bond acceptors (Lipinski definition) is 3. The van der Waals surface area contributed by atoms with Gasteiger partial charge in [-0.2, -0.15) is 0 Å². The third-order valence-electron chi connectivity index (χ3n) is 3.62. The first-order valence-corrected chi connectivity index (χ1v) is 7.61. The summed E-state index contributed by atoms with van der Waals surface area (Å²) in [6, 6.07) is 7.47. The van der Waals surface area contributed by atoms with Crippen molar-refractivity contribution in [3.8, 4) is 5.75 Å². The molecule has 0 saturated carbocycles. The molecule has 21 heavy (non-hydrogen) atoms. The standard InChI is InChI=1S/C15H21ClN2O3/c16-12-2-4-14(5-3-12)21-11-1-8-18-9-6-13(7-10-18)17-15(19)20/h2-5,13,17H,1,6-11H2,(H,19,20). The maximum atomic E-state index is 10.6. The minimum atomic E-state index is -0.926. The molecule has 5 nitrogen and oxygen atoms in total. The Kier molecular flexibility index (Phi) is 6.14. The van der Waals surface area contributed by atoms with Crippen LogP contribution >= 0.6 is 11.6 Å². The predicted octanol–water partition coefficient (Wildman–Crippen LogP) is 2.84. The molecule has 2 N–H and O–H groups in total. The number of rotatable bonds is 6.